The van der Waals surface area contributed by atoms with Gasteiger partial charge in [0.1, 0.15) is 11.4 Å². The molecule has 0 fully saturated rings. The molecule has 10 heteroatoms. The molecule has 0 aromatic carbocycles. The average Bonchev–Trinajstić information content (AvgIpc) is 2.84. The van der Waals surface area contributed by atoms with Crippen molar-refractivity contribution in [3.05, 3.63) is 28.0 Å². The van der Waals surface area contributed by atoms with Gasteiger partial charge in [-0.1, -0.05) is 0 Å². The van der Waals surface area contributed by atoms with Crippen LogP contribution in [0, 0.1) is 10.1 Å². The largest absolute Gasteiger partial charge is 0.368 e. The van der Waals surface area contributed by atoms with Crippen molar-refractivity contribution in [2.24, 2.45) is 14.1 Å². The first-order valence-corrected chi connectivity index (χ1v) is 5.44. The van der Waals surface area contributed by atoms with Crippen molar-refractivity contribution < 1.29 is 4.92 Å². The maximum Gasteiger partial charge on any atom is 0.342 e. The first-order valence-electron chi connectivity index (χ1n) is 4.92. The molecule has 0 radical (unpaired) electrons. The van der Waals surface area contributed by atoms with E-state index in [-0.39, 0.29) is 11.8 Å². The summed E-state index contributed by atoms with van der Waals surface area (Å²) in [6, 6.07) is 0. The highest BCUT2D eigenvalue weighted by molar-refractivity contribution is 7.80. The van der Waals surface area contributed by atoms with E-state index in [9.17, 15) is 10.1 Å². The number of nitrogens with two attached hydrogens (primary N) is 1. The van der Waals surface area contributed by atoms with Gasteiger partial charge in [-0.15, -0.1) is 10.2 Å². The van der Waals surface area contributed by atoms with E-state index < -0.39 is 10.2 Å². The van der Waals surface area contributed by atoms with Gasteiger partial charge < -0.3 is 15.8 Å². The fourth-order valence-electron chi connectivity index (χ4n) is 1.55. The Morgan fingerprint density at radius 1 is 1.39 bits per heavy atom. The zero-order chi connectivity index (χ0) is 13.4. The first-order chi connectivity index (χ1) is 8.43. The summed E-state index contributed by atoms with van der Waals surface area (Å²) in [6.45, 7) is 0. The topological polar surface area (TPSA) is 118 Å². The lowest BCUT2D eigenvalue weighted by Crippen LogP contribution is -2.10. The molecule has 2 N–H and O–H groups in total. The summed E-state index contributed by atoms with van der Waals surface area (Å²) >= 11 is 4.36. The Labute approximate surface area is 107 Å². The van der Waals surface area contributed by atoms with Gasteiger partial charge in [-0.05, 0) is 4.92 Å². The van der Waals surface area contributed by atoms with Crippen molar-refractivity contribution in [2.45, 2.75) is 5.25 Å². The van der Waals surface area contributed by atoms with E-state index in [2.05, 4.69) is 27.8 Å². The van der Waals surface area contributed by atoms with E-state index >= 15 is 0 Å². The van der Waals surface area contributed by atoms with Gasteiger partial charge in [0.25, 0.3) is 0 Å². The van der Waals surface area contributed by atoms with Crippen molar-refractivity contribution in [3.8, 4) is 0 Å². The molecule has 0 spiro atoms. The number of imidazole rings is 1. The Kier molecular flexibility index (Phi) is 2.95. The Hall–Kier alpha value is -2.10. The highest BCUT2D eigenvalue weighted by Gasteiger charge is 2.27. The molecule has 0 saturated carbocycles. The molecular formula is C8H11N7O2S. The lowest BCUT2D eigenvalue weighted by molar-refractivity contribution is -0.391. The molecule has 1 unspecified atom stereocenters. The van der Waals surface area contributed by atoms with Crippen LogP contribution in [0.5, 0.6) is 0 Å². The van der Waals surface area contributed by atoms with Gasteiger partial charge in [0.05, 0.1) is 7.05 Å². The van der Waals surface area contributed by atoms with E-state index in [0.717, 1.165) is 0 Å². The van der Waals surface area contributed by atoms with Crippen LogP contribution in [0.3, 0.4) is 0 Å². The van der Waals surface area contributed by atoms with E-state index in [1.54, 1.807) is 18.7 Å². The van der Waals surface area contributed by atoms with Gasteiger partial charge in [-0.3, -0.25) is 4.57 Å². The third-order valence-corrected chi connectivity index (χ3v) is 3.08. The fraction of sp³-hybridized carbons (Fsp3) is 0.375. The van der Waals surface area contributed by atoms with Crippen LogP contribution >= 0.6 is 12.6 Å². The minimum Gasteiger partial charge on any atom is -0.368 e. The van der Waals surface area contributed by atoms with Crippen LogP contribution in [-0.2, 0) is 14.1 Å². The molecule has 2 aromatic rings. The second-order valence-corrected chi connectivity index (χ2v) is 4.19. The maximum atomic E-state index is 10.7. The molecular weight excluding hydrogens is 258 g/mol. The standard InChI is InChI=1S/C8H11N7O2S/c1-13-4(15(16)17)3-10-6(13)5(18)7-11-12-8(9)14(7)2/h3,5,18H,1-2H3,(H2,9,12). The summed E-state index contributed by atoms with van der Waals surface area (Å²) in [5.74, 6) is 1.01. The van der Waals surface area contributed by atoms with Crippen LogP contribution < -0.4 is 5.73 Å². The smallest absolute Gasteiger partial charge is 0.342 e. The first kappa shape index (κ1) is 12.4. The number of nitro groups is 1. The molecule has 2 aromatic heterocycles. The Morgan fingerprint density at radius 2 is 2.06 bits per heavy atom. The summed E-state index contributed by atoms with van der Waals surface area (Å²) in [5, 5.41) is 17.8. The molecule has 18 heavy (non-hydrogen) atoms. The number of hydrogen-bond donors (Lipinski definition) is 2. The summed E-state index contributed by atoms with van der Waals surface area (Å²) in [7, 11) is 3.23. The molecule has 0 bridgehead atoms. The molecule has 96 valence electrons. The van der Waals surface area contributed by atoms with Crippen LogP contribution in [0.25, 0.3) is 0 Å². The molecule has 9 nitrogen and oxygen atoms in total. The monoisotopic (exact) mass is 269 g/mol. The van der Waals surface area contributed by atoms with Gasteiger partial charge in [-0.2, -0.15) is 12.6 Å². The zero-order valence-electron chi connectivity index (χ0n) is 9.68. The second-order valence-electron chi connectivity index (χ2n) is 3.67. The number of nitrogens with zero attached hydrogens (tertiary/aromatic N) is 6. The number of nitrogen functional groups attached to an aromatic ring is 1. The quantitative estimate of drug-likeness (QED) is 0.462. The summed E-state index contributed by atoms with van der Waals surface area (Å²) in [6.07, 6.45) is 1.18. The van der Waals surface area contributed by atoms with Gasteiger partial charge in [0.15, 0.2) is 5.82 Å². The van der Waals surface area contributed by atoms with Crippen molar-refractivity contribution in [1.29, 1.82) is 0 Å². The minimum atomic E-state index is -0.543. The fourth-order valence-corrected chi connectivity index (χ4v) is 2.01. The van der Waals surface area contributed by atoms with Crippen LogP contribution in [0.1, 0.15) is 16.9 Å². The van der Waals surface area contributed by atoms with E-state index in [4.69, 9.17) is 5.73 Å². The zero-order valence-corrected chi connectivity index (χ0v) is 10.6. The number of aromatic nitrogens is 5. The van der Waals surface area contributed by atoms with E-state index in [1.165, 1.54) is 10.8 Å². The lowest BCUT2D eigenvalue weighted by Gasteiger charge is -2.07. The predicted molar refractivity (Wildman–Crippen MR) is 66.1 cm³/mol. The molecule has 1 atom stereocenters. The summed E-state index contributed by atoms with van der Waals surface area (Å²) < 4.78 is 2.90. The Morgan fingerprint density at radius 3 is 2.50 bits per heavy atom. The van der Waals surface area contributed by atoms with Crippen molar-refractivity contribution in [2.75, 3.05) is 5.73 Å². The summed E-state index contributed by atoms with van der Waals surface area (Å²) in [5.41, 5.74) is 5.57. The van der Waals surface area contributed by atoms with Crippen LogP contribution in [0.2, 0.25) is 0 Å². The number of hydrogen-bond acceptors (Lipinski definition) is 7. The van der Waals surface area contributed by atoms with Gasteiger partial charge in [0.2, 0.25) is 11.8 Å². The van der Waals surface area contributed by atoms with Crippen LogP contribution in [0.15, 0.2) is 6.20 Å². The third kappa shape index (κ3) is 1.79. The number of thiol groups is 1. The number of rotatable bonds is 3. The molecule has 0 saturated heterocycles. The Bertz CT molecular complexity index is 605. The minimum absolute atomic E-state index is 0.112. The highest BCUT2D eigenvalue weighted by atomic mass is 32.1. The molecule has 0 aliphatic heterocycles. The molecule has 0 aliphatic rings. The van der Waals surface area contributed by atoms with Crippen molar-refractivity contribution in [3.63, 3.8) is 0 Å². The predicted octanol–water partition coefficient (Wildman–Crippen LogP) is 0.0582. The van der Waals surface area contributed by atoms with Gasteiger partial charge in [-0.25, -0.2) is 9.55 Å². The van der Waals surface area contributed by atoms with Crippen molar-refractivity contribution in [1.82, 2.24) is 24.3 Å². The number of anilines is 1. The average molecular weight is 269 g/mol. The molecule has 2 heterocycles. The van der Waals surface area contributed by atoms with Crippen LogP contribution in [-0.4, -0.2) is 29.2 Å². The van der Waals surface area contributed by atoms with Gasteiger partial charge in [0, 0.05) is 7.05 Å². The maximum absolute atomic E-state index is 10.7. The van der Waals surface area contributed by atoms with E-state index in [0.29, 0.717) is 11.6 Å². The molecule has 0 amide bonds. The van der Waals surface area contributed by atoms with Crippen LogP contribution in [0.4, 0.5) is 11.8 Å². The second kappa shape index (κ2) is 4.29. The lowest BCUT2D eigenvalue weighted by atomic mass is 10.3. The highest BCUT2D eigenvalue weighted by Crippen LogP contribution is 2.28. The SMILES string of the molecule is Cn1c([N+](=O)[O-])cnc1C(S)c1nnc(N)n1C. The summed E-state index contributed by atoms with van der Waals surface area (Å²) in [4.78, 5) is 14.2. The molecule has 2 rings (SSSR count). The van der Waals surface area contributed by atoms with E-state index in [1.807, 2.05) is 0 Å². The Balaban J connectivity index is 2.43. The third-order valence-electron chi connectivity index (χ3n) is 2.62. The molecule has 0 aliphatic carbocycles. The van der Waals surface area contributed by atoms with Gasteiger partial charge >= 0.3 is 5.82 Å². The normalized spacial score (nSPS) is 12.6. The van der Waals surface area contributed by atoms with Crippen molar-refractivity contribution >= 4 is 24.4 Å².